The van der Waals surface area contributed by atoms with Gasteiger partial charge in [0.05, 0.1) is 10.6 Å². The molecule has 0 aliphatic heterocycles. The zero-order valence-electron chi connectivity index (χ0n) is 11.7. The molecule has 0 spiro atoms. The van der Waals surface area contributed by atoms with Gasteiger partial charge in [-0.3, -0.25) is 0 Å². The summed E-state index contributed by atoms with van der Waals surface area (Å²) in [5.41, 5.74) is 1.43. The minimum Gasteiger partial charge on any atom is -0.411 e. The highest BCUT2D eigenvalue weighted by atomic mass is 32.2. The Kier molecular flexibility index (Phi) is 4.81. The van der Waals surface area contributed by atoms with E-state index in [1.54, 1.807) is 24.3 Å². The molecule has 1 aromatic carbocycles. The second-order valence-corrected chi connectivity index (χ2v) is 7.52. The Morgan fingerprint density at radius 2 is 1.75 bits per heavy atom. The Bertz CT molecular complexity index is 576. The molecule has 0 saturated heterocycles. The van der Waals surface area contributed by atoms with Crippen molar-refractivity contribution >= 4 is 15.5 Å². The molecular formula is C15H21NO3S. The predicted molar refractivity (Wildman–Crippen MR) is 79.1 cm³/mol. The van der Waals surface area contributed by atoms with Gasteiger partial charge in [-0.05, 0) is 38.3 Å². The van der Waals surface area contributed by atoms with E-state index in [1.807, 2.05) is 6.92 Å². The molecule has 1 aliphatic carbocycles. The summed E-state index contributed by atoms with van der Waals surface area (Å²) in [6.45, 7) is 1.92. The summed E-state index contributed by atoms with van der Waals surface area (Å²) in [5.74, 6) is 0. The maximum atomic E-state index is 12.7. The molecule has 1 fully saturated rings. The number of rotatable bonds is 2. The van der Waals surface area contributed by atoms with Crippen LogP contribution in [0.5, 0.6) is 0 Å². The second kappa shape index (κ2) is 6.39. The highest BCUT2D eigenvalue weighted by Crippen LogP contribution is 2.26. The van der Waals surface area contributed by atoms with Crippen molar-refractivity contribution in [2.24, 2.45) is 5.16 Å². The molecule has 5 heteroatoms. The van der Waals surface area contributed by atoms with Crippen LogP contribution >= 0.6 is 0 Å². The molecule has 1 N–H and O–H groups in total. The first-order valence-corrected chi connectivity index (χ1v) is 8.61. The lowest BCUT2D eigenvalue weighted by molar-refractivity contribution is 0.315. The van der Waals surface area contributed by atoms with Crippen LogP contribution in [0.3, 0.4) is 0 Å². The molecular weight excluding hydrogens is 274 g/mol. The summed E-state index contributed by atoms with van der Waals surface area (Å²) in [4.78, 5) is 0.315. The van der Waals surface area contributed by atoms with E-state index in [0.717, 1.165) is 31.2 Å². The highest BCUT2D eigenvalue weighted by Gasteiger charge is 2.32. The average Bonchev–Trinajstić information content (AvgIpc) is 2.39. The van der Waals surface area contributed by atoms with E-state index in [1.165, 1.54) is 0 Å². The zero-order chi connectivity index (χ0) is 14.6. The van der Waals surface area contributed by atoms with Gasteiger partial charge in [-0.1, -0.05) is 42.1 Å². The molecule has 4 nitrogen and oxygen atoms in total. The second-order valence-electron chi connectivity index (χ2n) is 5.39. The van der Waals surface area contributed by atoms with Crippen molar-refractivity contribution in [2.75, 3.05) is 0 Å². The molecule has 1 atom stereocenters. The number of benzene rings is 1. The first kappa shape index (κ1) is 15.0. The summed E-state index contributed by atoms with van der Waals surface area (Å²) in [6, 6.07) is 6.87. The van der Waals surface area contributed by atoms with E-state index >= 15 is 0 Å². The van der Waals surface area contributed by atoms with Crippen LogP contribution in [0.25, 0.3) is 0 Å². The van der Waals surface area contributed by atoms with Crippen molar-refractivity contribution in [3.63, 3.8) is 0 Å². The molecule has 1 aromatic rings. The average molecular weight is 295 g/mol. The molecule has 1 saturated carbocycles. The van der Waals surface area contributed by atoms with E-state index in [9.17, 15) is 8.42 Å². The lowest BCUT2D eigenvalue weighted by Crippen LogP contribution is -2.31. The molecule has 110 valence electrons. The van der Waals surface area contributed by atoms with Crippen LogP contribution in [0.15, 0.2) is 34.3 Å². The Balaban J connectivity index is 2.36. The highest BCUT2D eigenvalue weighted by molar-refractivity contribution is 7.92. The predicted octanol–water partition coefficient (Wildman–Crippen LogP) is 3.32. The summed E-state index contributed by atoms with van der Waals surface area (Å²) in [7, 11) is -3.47. The molecule has 0 bridgehead atoms. The van der Waals surface area contributed by atoms with Crippen LogP contribution in [0.1, 0.15) is 44.1 Å². The van der Waals surface area contributed by atoms with Crippen LogP contribution in [-0.4, -0.2) is 24.6 Å². The summed E-state index contributed by atoms with van der Waals surface area (Å²) in [5, 5.41) is 11.7. The van der Waals surface area contributed by atoms with E-state index in [4.69, 9.17) is 5.21 Å². The number of hydrogen-bond acceptors (Lipinski definition) is 4. The van der Waals surface area contributed by atoms with Gasteiger partial charge in [0.15, 0.2) is 9.84 Å². The van der Waals surface area contributed by atoms with Gasteiger partial charge < -0.3 is 5.21 Å². The number of aryl methyl sites for hydroxylation is 1. The van der Waals surface area contributed by atoms with Crippen LogP contribution < -0.4 is 0 Å². The Morgan fingerprint density at radius 3 is 2.40 bits per heavy atom. The first-order chi connectivity index (χ1) is 9.55. The fourth-order valence-electron chi connectivity index (χ4n) is 2.66. The standard InChI is InChI=1S/C15H21NO3S/c1-12-8-10-13(11-9-12)20(18,19)15-7-5-3-2-4-6-14(15)16-17/h8-11,15,17H,2-7H2,1H3/b16-14-/t15-/m0/s1. The van der Waals surface area contributed by atoms with Crippen LogP contribution in [0.2, 0.25) is 0 Å². The van der Waals surface area contributed by atoms with Gasteiger partial charge in [0, 0.05) is 0 Å². The largest absolute Gasteiger partial charge is 0.411 e. The van der Waals surface area contributed by atoms with Crippen LogP contribution in [0.4, 0.5) is 0 Å². The van der Waals surface area contributed by atoms with Crippen molar-refractivity contribution in [2.45, 2.75) is 55.6 Å². The molecule has 0 amide bonds. The van der Waals surface area contributed by atoms with Crippen LogP contribution in [0, 0.1) is 6.92 Å². The third-order valence-electron chi connectivity index (χ3n) is 3.87. The lowest BCUT2D eigenvalue weighted by atomic mass is 9.99. The van der Waals surface area contributed by atoms with Crippen molar-refractivity contribution < 1.29 is 13.6 Å². The number of nitrogens with zero attached hydrogens (tertiary/aromatic N) is 1. The monoisotopic (exact) mass is 295 g/mol. The van der Waals surface area contributed by atoms with E-state index in [2.05, 4.69) is 5.16 Å². The van der Waals surface area contributed by atoms with Gasteiger partial charge in [0.2, 0.25) is 0 Å². The van der Waals surface area contributed by atoms with Crippen molar-refractivity contribution in [1.29, 1.82) is 0 Å². The Morgan fingerprint density at radius 1 is 1.10 bits per heavy atom. The fourth-order valence-corrected chi connectivity index (χ4v) is 4.50. The van der Waals surface area contributed by atoms with Crippen molar-refractivity contribution in [3.05, 3.63) is 29.8 Å². The maximum absolute atomic E-state index is 12.7. The Hall–Kier alpha value is -1.36. The Labute approximate surface area is 120 Å². The summed E-state index contributed by atoms with van der Waals surface area (Å²) in [6.07, 6.45) is 4.95. The number of hydrogen-bond donors (Lipinski definition) is 1. The summed E-state index contributed by atoms with van der Waals surface area (Å²) >= 11 is 0. The molecule has 20 heavy (non-hydrogen) atoms. The van der Waals surface area contributed by atoms with E-state index < -0.39 is 15.1 Å². The quantitative estimate of drug-likeness (QED) is 0.672. The van der Waals surface area contributed by atoms with Crippen molar-refractivity contribution in [3.8, 4) is 0 Å². The first-order valence-electron chi connectivity index (χ1n) is 7.07. The number of sulfone groups is 1. The third kappa shape index (κ3) is 3.20. The third-order valence-corrected chi connectivity index (χ3v) is 6.06. The smallest absolute Gasteiger partial charge is 0.186 e. The molecule has 0 heterocycles. The normalized spacial score (nSPS) is 23.2. The zero-order valence-corrected chi connectivity index (χ0v) is 12.6. The maximum Gasteiger partial charge on any atom is 0.186 e. The molecule has 0 aromatic heterocycles. The molecule has 0 radical (unpaired) electrons. The van der Waals surface area contributed by atoms with Crippen molar-refractivity contribution in [1.82, 2.24) is 0 Å². The van der Waals surface area contributed by atoms with Gasteiger partial charge >= 0.3 is 0 Å². The fraction of sp³-hybridized carbons (Fsp3) is 0.533. The van der Waals surface area contributed by atoms with Gasteiger partial charge in [-0.2, -0.15) is 0 Å². The van der Waals surface area contributed by atoms with E-state index in [-0.39, 0.29) is 0 Å². The van der Waals surface area contributed by atoms with Crippen LogP contribution in [-0.2, 0) is 9.84 Å². The van der Waals surface area contributed by atoms with Gasteiger partial charge in [0.25, 0.3) is 0 Å². The van der Waals surface area contributed by atoms with Gasteiger partial charge in [-0.25, -0.2) is 8.42 Å². The SMILES string of the molecule is Cc1ccc(S(=O)(=O)[C@H]2CCCCCC/C2=N/O)cc1. The topological polar surface area (TPSA) is 66.7 Å². The molecule has 0 unspecified atom stereocenters. The van der Waals surface area contributed by atoms with Gasteiger partial charge in [-0.15, -0.1) is 0 Å². The number of oxime groups is 1. The van der Waals surface area contributed by atoms with E-state index in [0.29, 0.717) is 23.4 Å². The molecule has 1 aliphatic rings. The summed E-state index contributed by atoms with van der Waals surface area (Å²) < 4.78 is 25.5. The van der Waals surface area contributed by atoms with Gasteiger partial charge in [0.1, 0.15) is 5.25 Å². The molecule has 2 rings (SSSR count). The minimum atomic E-state index is -3.47. The lowest BCUT2D eigenvalue weighted by Gasteiger charge is -2.21. The minimum absolute atomic E-state index is 0.315.